The number of nitro benzene ring substituents is 1. The van der Waals surface area contributed by atoms with Crippen LogP contribution in [0.15, 0.2) is 18.2 Å². The van der Waals surface area contributed by atoms with Crippen molar-refractivity contribution in [1.29, 1.82) is 0 Å². The third-order valence-corrected chi connectivity index (χ3v) is 4.61. The summed E-state index contributed by atoms with van der Waals surface area (Å²) in [5.41, 5.74) is -0.284. The zero-order valence-corrected chi connectivity index (χ0v) is 14.6. The maximum Gasteiger partial charge on any atom is 0.317 e. The number of hydrogen-bond acceptors (Lipinski definition) is 5. The van der Waals surface area contributed by atoms with Crippen LogP contribution >= 0.6 is 11.6 Å². The molecule has 1 aromatic rings. The van der Waals surface area contributed by atoms with Crippen molar-refractivity contribution in [3.05, 3.63) is 38.9 Å². The van der Waals surface area contributed by atoms with Crippen LogP contribution in [0.4, 0.5) is 5.69 Å². The zero-order valence-electron chi connectivity index (χ0n) is 13.9. The third-order valence-electron chi connectivity index (χ3n) is 4.38. The fourth-order valence-corrected chi connectivity index (χ4v) is 3.24. The number of carboxylic acids is 1. The molecule has 1 aromatic carbocycles. The van der Waals surface area contributed by atoms with Gasteiger partial charge in [-0.05, 0) is 38.4 Å². The Kier molecular flexibility index (Phi) is 6.33. The summed E-state index contributed by atoms with van der Waals surface area (Å²) in [4.78, 5) is 37.5. The summed E-state index contributed by atoms with van der Waals surface area (Å²) >= 11 is 5.79. The quantitative estimate of drug-likeness (QED) is 0.630. The first kappa shape index (κ1) is 19.1. The summed E-state index contributed by atoms with van der Waals surface area (Å²) < 4.78 is 0. The lowest BCUT2D eigenvalue weighted by atomic mass is 10.1. The van der Waals surface area contributed by atoms with Crippen molar-refractivity contribution in [3.8, 4) is 0 Å². The lowest BCUT2D eigenvalue weighted by Crippen LogP contribution is -2.37. The molecule has 0 aliphatic carbocycles. The third kappa shape index (κ3) is 4.90. The fraction of sp³-hybridized carbons (Fsp3) is 0.500. The molecule has 1 atom stereocenters. The first-order chi connectivity index (χ1) is 11.8. The SMILES string of the molecule is CN(CC(=O)O)C1CCCN(C(=O)c2ccc(Cl)cc2[N+](=O)[O-])CC1. The molecular formula is C16H20ClN3O5. The van der Waals surface area contributed by atoms with Crippen LogP contribution in [0.3, 0.4) is 0 Å². The molecule has 2 rings (SSSR count). The fourth-order valence-electron chi connectivity index (χ4n) is 3.07. The second-order valence-electron chi connectivity index (χ2n) is 6.10. The summed E-state index contributed by atoms with van der Waals surface area (Å²) in [7, 11) is 1.75. The number of benzene rings is 1. The normalized spacial score (nSPS) is 18.0. The lowest BCUT2D eigenvalue weighted by molar-refractivity contribution is -0.385. The van der Waals surface area contributed by atoms with E-state index in [0.717, 1.165) is 6.42 Å². The van der Waals surface area contributed by atoms with Crippen molar-refractivity contribution in [2.75, 3.05) is 26.7 Å². The smallest absolute Gasteiger partial charge is 0.317 e. The van der Waals surface area contributed by atoms with Gasteiger partial charge in [0.05, 0.1) is 11.5 Å². The van der Waals surface area contributed by atoms with Gasteiger partial charge in [-0.1, -0.05) is 11.6 Å². The van der Waals surface area contributed by atoms with Gasteiger partial charge in [0.1, 0.15) is 5.56 Å². The Balaban J connectivity index is 2.11. The molecule has 0 saturated carbocycles. The number of nitrogens with zero attached hydrogens (tertiary/aromatic N) is 3. The predicted molar refractivity (Wildman–Crippen MR) is 91.9 cm³/mol. The molecular weight excluding hydrogens is 350 g/mol. The minimum Gasteiger partial charge on any atom is -0.480 e. The van der Waals surface area contributed by atoms with E-state index >= 15 is 0 Å². The van der Waals surface area contributed by atoms with E-state index in [4.69, 9.17) is 16.7 Å². The van der Waals surface area contributed by atoms with E-state index < -0.39 is 16.8 Å². The van der Waals surface area contributed by atoms with Gasteiger partial charge >= 0.3 is 5.97 Å². The largest absolute Gasteiger partial charge is 0.480 e. The van der Waals surface area contributed by atoms with E-state index in [2.05, 4.69) is 0 Å². The Morgan fingerprint density at radius 1 is 1.40 bits per heavy atom. The van der Waals surface area contributed by atoms with Gasteiger partial charge in [-0.2, -0.15) is 0 Å². The standard InChI is InChI=1S/C16H20ClN3O5/c1-18(10-15(21)22)12-3-2-7-19(8-6-12)16(23)13-5-4-11(17)9-14(13)20(24)25/h4-5,9,12H,2-3,6-8,10H2,1H3,(H,21,22). The Bertz CT molecular complexity index is 682. The molecule has 1 saturated heterocycles. The van der Waals surface area contributed by atoms with Crippen molar-refractivity contribution in [2.24, 2.45) is 0 Å². The molecule has 0 spiro atoms. The summed E-state index contributed by atoms with van der Waals surface area (Å²) in [6.45, 7) is 0.852. The van der Waals surface area contributed by atoms with Crippen LogP contribution in [0.5, 0.6) is 0 Å². The van der Waals surface area contributed by atoms with Gasteiger partial charge in [0, 0.05) is 30.2 Å². The van der Waals surface area contributed by atoms with Crippen molar-refractivity contribution in [3.63, 3.8) is 0 Å². The number of likely N-dealkylation sites (tertiary alicyclic amines) is 1. The minimum atomic E-state index is -0.892. The first-order valence-corrected chi connectivity index (χ1v) is 8.32. The number of nitro groups is 1. The van der Waals surface area contributed by atoms with Gasteiger partial charge in [0.2, 0.25) is 0 Å². The molecule has 0 aromatic heterocycles. The Hall–Kier alpha value is -2.19. The molecule has 0 bridgehead atoms. The van der Waals surface area contributed by atoms with Crippen LogP contribution < -0.4 is 0 Å². The Morgan fingerprint density at radius 2 is 2.12 bits per heavy atom. The number of carbonyl (C=O) groups is 2. The highest BCUT2D eigenvalue weighted by molar-refractivity contribution is 6.31. The van der Waals surface area contributed by atoms with Gasteiger partial charge in [0.25, 0.3) is 11.6 Å². The van der Waals surface area contributed by atoms with Crippen molar-refractivity contribution in [1.82, 2.24) is 9.80 Å². The molecule has 8 nitrogen and oxygen atoms in total. The van der Waals surface area contributed by atoms with Gasteiger partial charge in [-0.25, -0.2) is 0 Å². The number of likely N-dealkylation sites (N-methyl/N-ethyl adjacent to an activating group) is 1. The molecule has 136 valence electrons. The highest BCUT2D eigenvalue weighted by atomic mass is 35.5. The molecule has 1 amide bonds. The average Bonchev–Trinajstić information content (AvgIpc) is 2.79. The molecule has 1 aliphatic heterocycles. The van der Waals surface area contributed by atoms with Gasteiger partial charge in [-0.3, -0.25) is 24.6 Å². The zero-order chi connectivity index (χ0) is 18.6. The van der Waals surface area contributed by atoms with Crippen LogP contribution in [0.2, 0.25) is 5.02 Å². The molecule has 0 radical (unpaired) electrons. The summed E-state index contributed by atoms with van der Waals surface area (Å²) in [5.74, 6) is -1.29. The second kappa shape index (κ2) is 8.26. The number of aliphatic carboxylic acids is 1. The maximum atomic E-state index is 12.7. The first-order valence-electron chi connectivity index (χ1n) is 7.95. The van der Waals surface area contributed by atoms with E-state index in [0.29, 0.717) is 25.9 Å². The van der Waals surface area contributed by atoms with Crippen molar-refractivity contribution < 1.29 is 19.6 Å². The van der Waals surface area contributed by atoms with Crippen LogP contribution in [0, 0.1) is 10.1 Å². The number of carboxylic acid groups (broad SMARTS) is 1. The van der Waals surface area contributed by atoms with E-state index in [1.165, 1.54) is 18.2 Å². The molecule has 1 fully saturated rings. The van der Waals surface area contributed by atoms with Crippen LogP contribution in [-0.4, -0.2) is 64.4 Å². The van der Waals surface area contributed by atoms with Gasteiger partial charge in [-0.15, -0.1) is 0 Å². The average molecular weight is 370 g/mol. The molecule has 1 N–H and O–H groups in total. The van der Waals surface area contributed by atoms with Gasteiger partial charge in [0.15, 0.2) is 0 Å². The molecule has 1 heterocycles. The monoisotopic (exact) mass is 369 g/mol. The molecule has 1 aliphatic rings. The Morgan fingerprint density at radius 3 is 2.76 bits per heavy atom. The van der Waals surface area contributed by atoms with Crippen molar-refractivity contribution in [2.45, 2.75) is 25.3 Å². The van der Waals surface area contributed by atoms with Crippen LogP contribution in [0.25, 0.3) is 0 Å². The van der Waals surface area contributed by atoms with Crippen LogP contribution in [-0.2, 0) is 4.79 Å². The van der Waals surface area contributed by atoms with Crippen molar-refractivity contribution >= 4 is 29.2 Å². The highest BCUT2D eigenvalue weighted by Crippen LogP contribution is 2.26. The predicted octanol–water partition coefficient (Wildman–Crippen LogP) is 2.26. The Labute approximate surface area is 150 Å². The van der Waals surface area contributed by atoms with E-state index in [9.17, 15) is 19.7 Å². The second-order valence-corrected chi connectivity index (χ2v) is 6.54. The van der Waals surface area contributed by atoms with E-state index in [1.54, 1.807) is 16.8 Å². The van der Waals surface area contributed by atoms with Crippen LogP contribution in [0.1, 0.15) is 29.6 Å². The number of rotatable bonds is 5. The lowest BCUT2D eigenvalue weighted by Gasteiger charge is -2.25. The molecule has 1 unspecified atom stereocenters. The topological polar surface area (TPSA) is 104 Å². The molecule has 9 heteroatoms. The number of halogens is 1. The number of amides is 1. The van der Waals surface area contributed by atoms with E-state index in [1.807, 2.05) is 0 Å². The molecule has 25 heavy (non-hydrogen) atoms. The maximum absolute atomic E-state index is 12.7. The van der Waals surface area contributed by atoms with Gasteiger partial charge < -0.3 is 10.0 Å². The minimum absolute atomic E-state index is 0.0201. The summed E-state index contributed by atoms with van der Waals surface area (Å²) in [6, 6.07) is 4.08. The van der Waals surface area contributed by atoms with E-state index in [-0.39, 0.29) is 28.9 Å². The summed E-state index contributed by atoms with van der Waals surface area (Å²) in [5, 5.41) is 20.3. The highest BCUT2D eigenvalue weighted by Gasteiger charge is 2.28. The summed E-state index contributed by atoms with van der Waals surface area (Å²) in [6.07, 6.45) is 2.11. The number of hydrogen-bond donors (Lipinski definition) is 1. The number of carbonyl (C=O) groups excluding carboxylic acids is 1.